The van der Waals surface area contributed by atoms with Gasteiger partial charge >= 0.3 is 5.97 Å². The molecular formula is C35H32Cl3NO6S. The topological polar surface area (TPSA) is 105 Å². The summed E-state index contributed by atoms with van der Waals surface area (Å²) in [6, 6.07) is 30.2. The molecule has 46 heavy (non-hydrogen) atoms. The first-order chi connectivity index (χ1) is 22.0. The lowest BCUT2D eigenvalue weighted by Crippen LogP contribution is -2.38. The summed E-state index contributed by atoms with van der Waals surface area (Å²) in [6.07, 6.45) is -1.13. The van der Waals surface area contributed by atoms with Crippen molar-refractivity contribution in [2.24, 2.45) is 5.92 Å². The van der Waals surface area contributed by atoms with E-state index in [9.17, 15) is 19.8 Å². The van der Waals surface area contributed by atoms with E-state index >= 15 is 0 Å². The second-order valence-electron chi connectivity index (χ2n) is 11.0. The van der Waals surface area contributed by atoms with Gasteiger partial charge in [0.15, 0.2) is 6.29 Å². The Bertz CT molecular complexity index is 1660. The number of aliphatic hydroxyl groups excluding tert-OH is 1. The highest BCUT2D eigenvalue weighted by Gasteiger charge is 2.38. The summed E-state index contributed by atoms with van der Waals surface area (Å²) in [5, 5.41) is 21.4. The van der Waals surface area contributed by atoms with Crippen LogP contribution >= 0.6 is 46.6 Å². The molecule has 0 aliphatic carbocycles. The van der Waals surface area contributed by atoms with Gasteiger partial charge < -0.3 is 25.0 Å². The van der Waals surface area contributed by atoms with Crippen LogP contribution in [0.2, 0.25) is 0 Å². The molecule has 0 radical (unpaired) electrons. The van der Waals surface area contributed by atoms with Crippen LogP contribution in [0.25, 0.3) is 11.1 Å². The zero-order valence-electron chi connectivity index (χ0n) is 24.7. The van der Waals surface area contributed by atoms with Gasteiger partial charge in [0.05, 0.1) is 24.4 Å². The number of aliphatic hydroxyl groups is 1. The molecule has 4 aromatic rings. The Morgan fingerprint density at radius 3 is 2.17 bits per heavy atom. The third kappa shape index (κ3) is 8.63. The van der Waals surface area contributed by atoms with E-state index in [-0.39, 0.29) is 36.8 Å². The molecule has 0 saturated carbocycles. The van der Waals surface area contributed by atoms with E-state index in [0.717, 1.165) is 38.3 Å². The smallest absolute Gasteiger partial charge is 0.335 e. The van der Waals surface area contributed by atoms with Gasteiger partial charge in [-0.3, -0.25) is 4.79 Å². The number of halogens is 3. The normalized spacial score (nSPS) is 19.8. The quantitative estimate of drug-likeness (QED) is 0.113. The summed E-state index contributed by atoms with van der Waals surface area (Å²) in [5.74, 6) is -1.04. The first-order valence-electron chi connectivity index (χ1n) is 14.5. The van der Waals surface area contributed by atoms with Crippen LogP contribution in [-0.2, 0) is 27.4 Å². The number of carbonyl (C=O) groups is 2. The first kappa shape index (κ1) is 34.3. The maximum absolute atomic E-state index is 12.0. The van der Waals surface area contributed by atoms with Crippen molar-refractivity contribution in [1.82, 2.24) is 5.32 Å². The highest BCUT2D eigenvalue weighted by molar-refractivity contribution is 7.99. The number of rotatable bonds is 10. The van der Waals surface area contributed by atoms with Crippen molar-refractivity contribution >= 4 is 58.4 Å². The summed E-state index contributed by atoms with van der Waals surface area (Å²) in [6.45, 7) is 2.26. The van der Waals surface area contributed by atoms with Crippen molar-refractivity contribution in [2.75, 3.05) is 5.75 Å². The van der Waals surface area contributed by atoms with Gasteiger partial charge in [-0.05, 0) is 64.2 Å². The van der Waals surface area contributed by atoms with Crippen molar-refractivity contribution in [3.8, 4) is 11.1 Å². The maximum Gasteiger partial charge on any atom is 0.335 e. The standard InChI is InChI=1S/C35H32Cl3NO6S/c1-21-30(20-46-29-14-12-25(13-15-29)32(41)42)44-33(45-31(21)24-10-8-22(19-40)9-11-24)28-7-3-6-27(17-28)26-5-2-4-23(16-26)18-39-34(43)35(36,37)38/h2-17,21,30-31,33,40H,18-20H2,1H3,(H,39,43)(H,41,42)/t21-,30+,31+,33+/m1/s1. The monoisotopic (exact) mass is 699 g/mol. The number of hydrogen-bond donors (Lipinski definition) is 3. The highest BCUT2D eigenvalue weighted by atomic mass is 35.6. The van der Waals surface area contributed by atoms with Crippen molar-refractivity contribution in [1.29, 1.82) is 0 Å². The molecule has 1 fully saturated rings. The third-order valence-electron chi connectivity index (χ3n) is 7.77. The first-order valence-corrected chi connectivity index (χ1v) is 16.6. The minimum atomic E-state index is -2.04. The van der Waals surface area contributed by atoms with Crippen molar-refractivity contribution < 1.29 is 29.3 Å². The Morgan fingerprint density at radius 1 is 0.848 bits per heavy atom. The number of alkyl halides is 3. The summed E-state index contributed by atoms with van der Waals surface area (Å²) in [4.78, 5) is 24.2. The van der Waals surface area contributed by atoms with Crippen LogP contribution in [0, 0.1) is 5.92 Å². The molecule has 3 N–H and O–H groups in total. The predicted molar refractivity (Wildman–Crippen MR) is 181 cm³/mol. The van der Waals surface area contributed by atoms with Gasteiger partial charge in [-0.2, -0.15) is 0 Å². The van der Waals surface area contributed by atoms with Crippen LogP contribution < -0.4 is 5.32 Å². The van der Waals surface area contributed by atoms with E-state index in [1.165, 1.54) is 0 Å². The maximum atomic E-state index is 12.0. The lowest BCUT2D eigenvalue weighted by Gasteiger charge is -2.41. The predicted octanol–water partition coefficient (Wildman–Crippen LogP) is 8.11. The van der Waals surface area contributed by atoms with Gasteiger partial charge in [-0.15, -0.1) is 11.8 Å². The van der Waals surface area contributed by atoms with E-state index in [1.807, 2.05) is 72.8 Å². The summed E-state index contributed by atoms with van der Waals surface area (Å²) in [5.41, 5.74) is 5.59. The van der Waals surface area contributed by atoms with Crippen LogP contribution in [0.4, 0.5) is 0 Å². The van der Waals surface area contributed by atoms with Gasteiger partial charge in [0.25, 0.3) is 9.70 Å². The summed E-state index contributed by atoms with van der Waals surface area (Å²) in [7, 11) is 0. The van der Waals surface area contributed by atoms with E-state index in [0.29, 0.717) is 5.75 Å². The summed E-state index contributed by atoms with van der Waals surface area (Å²) >= 11 is 18.6. The molecule has 0 bridgehead atoms. The van der Waals surface area contributed by atoms with Gasteiger partial charge in [0, 0.05) is 28.7 Å². The van der Waals surface area contributed by atoms with Crippen molar-refractivity contribution in [3.05, 3.63) is 125 Å². The van der Waals surface area contributed by atoms with Crippen LogP contribution in [0.1, 0.15) is 51.9 Å². The summed E-state index contributed by atoms with van der Waals surface area (Å²) < 4.78 is 11.2. The molecule has 1 amide bonds. The van der Waals surface area contributed by atoms with E-state index < -0.39 is 22.0 Å². The lowest BCUT2D eigenvalue weighted by atomic mass is 9.91. The molecular weight excluding hydrogens is 669 g/mol. The fraction of sp³-hybridized carbons (Fsp3) is 0.257. The number of ether oxygens (including phenoxy) is 2. The SMILES string of the molecule is C[C@@H]1[C@H](CSc2ccc(C(=O)O)cc2)O[C@H](c2cccc(-c3cccc(CNC(=O)C(Cl)(Cl)Cl)c3)c2)O[C@@H]1c1ccc(CO)cc1. The minimum Gasteiger partial charge on any atom is -0.478 e. The van der Waals surface area contributed by atoms with E-state index in [1.54, 1.807) is 36.0 Å². The van der Waals surface area contributed by atoms with Gasteiger partial charge in [0.2, 0.25) is 0 Å². The Hall–Kier alpha value is -3.08. The van der Waals surface area contributed by atoms with Crippen molar-refractivity contribution in [3.63, 3.8) is 0 Å². The van der Waals surface area contributed by atoms with Gasteiger partial charge in [-0.25, -0.2) is 4.79 Å². The Labute approximate surface area is 286 Å². The van der Waals surface area contributed by atoms with Crippen LogP contribution in [0.5, 0.6) is 0 Å². The second kappa shape index (κ2) is 15.2. The Morgan fingerprint density at radius 2 is 1.52 bits per heavy atom. The van der Waals surface area contributed by atoms with Crippen LogP contribution in [0.15, 0.2) is 102 Å². The zero-order valence-corrected chi connectivity index (χ0v) is 27.8. The lowest BCUT2D eigenvalue weighted by molar-refractivity contribution is -0.268. The molecule has 0 unspecified atom stereocenters. The molecule has 1 aliphatic heterocycles. The number of thioether (sulfide) groups is 1. The average Bonchev–Trinajstić information content (AvgIpc) is 3.06. The fourth-order valence-electron chi connectivity index (χ4n) is 5.19. The molecule has 1 aliphatic rings. The van der Waals surface area contributed by atoms with Gasteiger partial charge in [-0.1, -0.05) is 102 Å². The highest BCUT2D eigenvalue weighted by Crippen LogP contribution is 2.43. The number of aromatic carboxylic acids is 1. The van der Waals surface area contributed by atoms with E-state index in [2.05, 4.69) is 12.2 Å². The van der Waals surface area contributed by atoms with Gasteiger partial charge in [0.1, 0.15) is 0 Å². The third-order valence-corrected chi connectivity index (χ3v) is 9.38. The molecule has 240 valence electrons. The number of benzene rings is 4. The van der Waals surface area contributed by atoms with Crippen LogP contribution in [0.3, 0.4) is 0 Å². The number of carboxylic acids is 1. The molecule has 4 aromatic carbocycles. The number of nitrogens with one attached hydrogen (secondary N) is 1. The average molecular weight is 701 g/mol. The largest absolute Gasteiger partial charge is 0.478 e. The second-order valence-corrected chi connectivity index (χ2v) is 14.3. The minimum absolute atomic E-state index is 0.00945. The molecule has 0 spiro atoms. The number of amides is 1. The number of carboxylic acid groups (broad SMARTS) is 1. The van der Waals surface area contributed by atoms with E-state index in [4.69, 9.17) is 44.3 Å². The molecule has 7 nitrogen and oxygen atoms in total. The molecule has 4 atom stereocenters. The fourth-order valence-corrected chi connectivity index (χ4v) is 6.46. The number of carbonyl (C=O) groups excluding carboxylic acids is 1. The van der Waals surface area contributed by atoms with Crippen molar-refractivity contribution in [2.45, 2.75) is 47.3 Å². The number of hydrogen-bond acceptors (Lipinski definition) is 6. The zero-order chi connectivity index (χ0) is 32.8. The molecule has 11 heteroatoms. The van der Waals surface area contributed by atoms with Crippen LogP contribution in [-0.4, -0.2) is 37.7 Å². The Balaban J connectivity index is 1.38. The molecule has 1 heterocycles. The Kier molecular flexibility index (Phi) is 11.3. The molecule has 5 rings (SSSR count). The molecule has 0 aromatic heterocycles. The molecule has 1 saturated heterocycles.